The van der Waals surface area contributed by atoms with Crippen molar-refractivity contribution >= 4 is 11.6 Å². The lowest BCUT2D eigenvalue weighted by Gasteiger charge is -2.20. The Kier molecular flexibility index (Phi) is 5.38. The van der Waals surface area contributed by atoms with E-state index in [9.17, 15) is 0 Å². The number of halogens is 1. The number of nitrogens with one attached hydrogen (secondary N) is 1. The van der Waals surface area contributed by atoms with Crippen LogP contribution in [0.3, 0.4) is 0 Å². The Morgan fingerprint density at radius 1 is 1.44 bits per heavy atom. The molecule has 1 N–H and O–H groups in total. The van der Waals surface area contributed by atoms with Crippen LogP contribution in [0.5, 0.6) is 0 Å². The van der Waals surface area contributed by atoms with Crippen LogP contribution in [0.15, 0.2) is 24.3 Å². The van der Waals surface area contributed by atoms with Crippen LogP contribution in [0.4, 0.5) is 0 Å². The van der Waals surface area contributed by atoms with Gasteiger partial charge in [-0.3, -0.25) is 5.32 Å². The SMILES string of the molecule is C#CC(CCC)NC(C)c1ccccc1Cl. The van der Waals surface area contributed by atoms with Gasteiger partial charge in [0, 0.05) is 11.1 Å². The molecule has 1 aromatic carbocycles. The highest BCUT2D eigenvalue weighted by atomic mass is 35.5. The molecule has 0 amide bonds. The third-order valence-electron chi connectivity index (χ3n) is 2.60. The van der Waals surface area contributed by atoms with Crippen molar-refractivity contribution in [3.8, 4) is 12.3 Å². The Morgan fingerprint density at radius 2 is 2.12 bits per heavy atom. The molecule has 0 aliphatic heterocycles. The number of terminal acetylenes is 1. The van der Waals surface area contributed by atoms with Crippen molar-refractivity contribution in [1.82, 2.24) is 5.32 Å². The zero-order chi connectivity index (χ0) is 12.0. The first-order valence-corrected chi connectivity index (χ1v) is 6.03. The van der Waals surface area contributed by atoms with Crippen LogP contribution in [0, 0.1) is 12.3 Å². The minimum atomic E-state index is 0.122. The van der Waals surface area contributed by atoms with Gasteiger partial charge in [-0.1, -0.05) is 49.1 Å². The second kappa shape index (κ2) is 6.58. The molecule has 16 heavy (non-hydrogen) atoms. The standard InChI is InChI=1S/C14H18ClN/c1-4-8-12(5-2)16-11(3)13-9-6-7-10-14(13)15/h2,6-7,9-12,16H,4,8H2,1,3H3. The Balaban J connectivity index is 2.68. The van der Waals surface area contributed by atoms with Gasteiger partial charge in [0.1, 0.15) is 0 Å². The second-order valence-electron chi connectivity index (χ2n) is 3.92. The summed E-state index contributed by atoms with van der Waals surface area (Å²) in [6.07, 6.45) is 7.55. The normalized spacial score (nSPS) is 14.1. The Bertz CT molecular complexity index is 367. The smallest absolute Gasteiger partial charge is 0.0691 e. The van der Waals surface area contributed by atoms with Crippen molar-refractivity contribution in [2.24, 2.45) is 0 Å². The molecule has 2 unspecified atom stereocenters. The van der Waals surface area contributed by atoms with E-state index in [2.05, 4.69) is 25.1 Å². The molecule has 0 fully saturated rings. The summed E-state index contributed by atoms with van der Waals surface area (Å²) >= 11 is 6.13. The van der Waals surface area contributed by atoms with Crippen LogP contribution in [-0.2, 0) is 0 Å². The third-order valence-corrected chi connectivity index (χ3v) is 2.95. The molecule has 1 rings (SSSR count). The first-order chi connectivity index (χ1) is 7.69. The fourth-order valence-corrected chi connectivity index (χ4v) is 2.02. The van der Waals surface area contributed by atoms with Crippen molar-refractivity contribution in [2.75, 3.05) is 0 Å². The molecular weight excluding hydrogens is 218 g/mol. The maximum Gasteiger partial charge on any atom is 0.0691 e. The maximum atomic E-state index is 6.13. The monoisotopic (exact) mass is 235 g/mol. The van der Waals surface area contributed by atoms with Gasteiger partial charge in [-0.05, 0) is 25.0 Å². The van der Waals surface area contributed by atoms with Gasteiger partial charge in [-0.15, -0.1) is 6.42 Å². The van der Waals surface area contributed by atoms with Gasteiger partial charge in [-0.25, -0.2) is 0 Å². The molecule has 0 saturated carbocycles. The van der Waals surface area contributed by atoms with E-state index in [4.69, 9.17) is 18.0 Å². The van der Waals surface area contributed by atoms with Crippen molar-refractivity contribution in [3.05, 3.63) is 34.9 Å². The van der Waals surface area contributed by atoms with Gasteiger partial charge in [-0.2, -0.15) is 0 Å². The van der Waals surface area contributed by atoms with Gasteiger partial charge in [0.15, 0.2) is 0 Å². The topological polar surface area (TPSA) is 12.0 Å². The first-order valence-electron chi connectivity index (χ1n) is 5.65. The molecule has 86 valence electrons. The van der Waals surface area contributed by atoms with Gasteiger partial charge >= 0.3 is 0 Å². The highest BCUT2D eigenvalue weighted by molar-refractivity contribution is 6.31. The summed E-state index contributed by atoms with van der Waals surface area (Å²) in [5, 5.41) is 4.19. The molecule has 0 spiro atoms. The molecule has 1 nitrogen and oxygen atoms in total. The lowest BCUT2D eigenvalue weighted by atomic mass is 10.1. The number of rotatable bonds is 5. The van der Waals surface area contributed by atoms with E-state index in [0.29, 0.717) is 0 Å². The van der Waals surface area contributed by atoms with Crippen LogP contribution in [0.1, 0.15) is 38.3 Å². The summed E-state index contributed by atoms with van der Waals surface area (Å²) < 4.78 is 0. The van der Waals surface area contributed by atoms with Gasteiger partial charge < -0.3 is 0 Å². The van der Waals surface area contributed by atoms with Crippen LogP contribution in [-0.4, -0.2) is 6.04 Å². The molecule has 0 bridgehead atoms. The Labute approximate surface area is 103 Å². The number of hydrogen-bond donors (Lipinski definition) is 1. The molecule has 0 heterocycles. The van der Waals surface area contributed by atoms with Gasteiger partial charge in [0.2, 0.25) is 0 Å². The summed E-state index contributed by atoms with van der Waals surface area (Å²) in [7, 11) is 0. The molecule has 1 aromatic rings. The van der Waals surface area contributed by atoms with E-state index in [0.717, 1.165) is 23.4 Å². The summed E-state index contributed by atoms with van der Waals surface area (Å²) in [5.41, 5.74) is 1.10. The van der Waals surface area contributed by atoms with Gasteiger partial charge in [0.05, 0.1) is 6.04 Å². The fraction of sp³-hybridized carbons (Fsp3) is 0.429. The van der Waals surface area contributed by atoms with Crippen LogP contribution in [0.25, 0.3) is 0 Å². The maximum absolute atomic E-state index is 6.13. The first kappa shape index (κ1) is 13.1. The van der Waals surface area contributed by atoms with Gasteiger partial charge in [0.25, 0.3) is 0 Å². The Morgan fingerprint density at radius 3 is 2.69 bits per heavy atom. The fourth-order valence-electron chi connectivity index (χ4n) is 1.72. The predicted molar refractivity (Wildman–Crippen MR) is 70.5 cm³/mol. The van der Waals surface area contributed by atoms with E-state index in [-0.39, 0.29) is 12.1 Å². The minimum absolute atomic E-state index is 0.122. The van der Waals surface area contributed by atoms with Crippen molar-refractivity contribution < 1.29 is 0 Å². The molecule has 0 aliphatic carbocycles. The number of hydrogen-bond acceptors (Lipinski definition) is 1. The summed E-state index contributed by atoms with van der Waals surface area (Å²) in [6, 6.07) is 8.16. The second-order valence-corrected chi connectivity index (χ2v) is 4.32. The highest BCUT2D eigenvalue weighted by Crippen LogP contribution is 2.22. The number of benzene rings is 1. The zero-order valence-electron chi connectivity index (χ0n) is 9.83. The molecule has 2 heteroatoms. The van der Waals surface area contributed by atoms with Crippen LogP contribution >= 0.6 is 11.6 Å². The average molecular weight is 236 g/mol. The minimum Gasteiger partial charge on any atom is -0.297 e. The van der Waals surface area contributed by atoms with E-state index in [1.54, 1.807) is 0 Å². The van der Waals surface area contributed by atoms with Crippen molar-refractivity contribution in [2.45, 2.75) is 38.8 Å². The van der Waals surface area contributed by atoms with E-state index < -0.39 is 0 Å². The Hall–Kier alpha value is -0.970. The molecule has 2 atom stereocenters. The van der Waals surface area contributed by atoms with Crippen LogP contribution < -0.4 is 5.32 Å². The highest BCUT2D eigenvalue weighted by Gasteiger charge is 2.12. The lowest BCUT2D eigenvalue weighted by molar-refractivity contribution is 0.495. The van der Waals surface area contributed by atoms with Crippen molar-refractivity contribution in [3.63, 3.8) is 0 Å². The predicted octanol–water partition coefficient (Wildman–Crippen LogP) is 3.79. The summed E-state index contributed by atoms with van der Waals surface area (Å²) in [6.45, 7) is 4.22. The quantitative estimate of drug-likeness (QED) is 0.766. The largest absolute Gasteiger partial charge is 0.297 e. The van der Waals surface area contributed by atoms with Crippen molar-refractivity contribution in [1.29, 1.82) is 0 Å². The molecule has 0 aliphatic rings. The third kappa shape index (κ3) is 3.56. The summed E-state index contributed by atoms with van der Waals surface area (Å²) in [4.78, 5) is 0. The average Bonchev–Trinajstić information content (AvgIpc) is 2.28. The van der Waals surface area contributed by atoms with E-state index in [1.165, 1.54) is 0 Å². The zero-order valence-corrected chi connectivity index (χ0v) is 10.6. The molecule has 0 saturated heterocycles. The van der Waals surface area contributed by atoms with Crippen LogP contribution in [0.2, 0.25) is 5.02 Å². The molecule has 0 aromatic heterocycles. The summed E-state index contributed by atoms with van der Waals surface area (Å²) in [5.74, 6) is 2.77. The lowest BCUT2D eigenvalue weighted by Crippen LogP contribution is -2.30. The van der Waals surface area contributed by atoms with E-state index in [1.807, 2.05) is 24.3 Å². The molecule has 0 radical (unpaired) electrons. The molecular formula is C14H18ClN. The van der Waals surface area contributed by atoms with E-state index >= 15 is 0 Å².